The molecule has 0 bridgehead atoms. The van der Waals surface area contributed by atoms with Crippen LogP contribution in [-0.2, 0) is 9.47 Å². The molecule has 3 aromatic rings. The molecular formula is C21H19IN2O6. The molecule has 0 fully saturated rings. The number of rotatable bonds is 6. The molecule has 1 heterocycles. The molecule has 0 saturated carbocycles. The molecule has 2 aromatic carbocycles. The summed E-state index contributed by atoms with van der Waals surface area (Å²) in [6, 6.07) is 12.1. The van der Waals surface area contributed by atoms with Crippen LogP contribution in [-0.4, -0.2) is 47.7 Å². The van der Waals surface area contributed by atoms with Crippen molar-refractivity contribution in [2.24, 2.45) is 0 Å². The van der Waals surface area contributed by atoms with Gasteiger partial charge in [-0.1, -0.05) is 18.2 Å². The summed E-state index contributed by atoms with van der Waals surface area (Å²) < 4.78 is 17.2. The molecule has 0 spiro atoms. The van der Waals surface area contributed by atoms with Crippen LogP contribution in [0.3, 0.4) is 0 Å². The molecule has 1 aromatic heterocycles. The van der Waals surface area contributed by atoms with Crippen molar-refractivity contribution in [2.45, 2.75) is 6.92 Å². The number of hydrogen-bond donors (Lipinski definition) is 1. The number of ether oxygens (including phenoxy) is 3. The lowest BCUT2D eigenvalue weighted by molar-refractivity contribution is 0.0549. The van der Waals surface area contributed by atoms with E-state index in [1.165, 1.54) is 18.9 Å². The van der Waals surface area contributed by atoms with Gasteiger partial charge in [0.15, 0.2) is 17.2 Å². The molecule has 0 amide bonds. The number of carbonyl (C=O) groups excluding carboxylic acids is 2. The van der Waals surface area contributed by atoms with Crippen LogP contribution in [0, 0.1) is 3.57 Å². The van der Waals surface area contributed by atoms with Gasteiger partial charge in [0.2, 0.25) is 0 Å². The van der Waals surface area contributed by atoms with E-state index < -0.39 is 11.9 Å². The smallest absolute Gasteiger partial charge is 0.357 e. The molecule has 0 aliphatic carbocycles. The Morgan fingerprint density at radius 1 is 1.10 bits per heavy atom. The van der Waals surface area contributed by atoms with Gasteiger partial charge in [-0.25, -0.2) is 14.3 Å². The molecule has 8 nitrogen and oxygen atoms in total. The van der Waals surface area contributed by atoms with Gasteiger partial charge in [0.05, 0.1) is 30.1 Å². The van der Waals surface area contributed by atoms with Gasteiger partial charge in [-0.05, 0) is 53.8 Å². The maximum Gasteiger partial charge on any atom is 0.357 e. The fraction of sp³-hybridized carbons (Fsp3) is 0.190. The minimum absolute atomic E-state index is 0.0171. The minimum Gasteiger partial charge on any atom is -0.504 e. The first-order valence-electron chi connectivity index (χ1n) is 8.93. The van der Waals surface area contributed by atoms with Gasteiger partial charge in [-0.3, -0.25) is 0 Å². The normalized spacial score (nSPS) is 10.5. The highest BCUT2D eigenvalue weighted by Gasteiger charge is 2.31. The third-order valence-electron chi connectivity index (χ3n) is 4.26. The zero-order valence-corrected chi connectivity index (χ0v) is 18.7. The van der Waals surface area contributed by atoms with Crippen molar-refractivity contribution in [2.75, 3.05) is 20.8 Å². The predicted octanol–water partition coefficient (Wildman–Crippen LogP) is 3.82. The van der Waals surface area contributed by atoms with E-state index in [4.69, 9.17) is 14.2 Å². The highest BCUT2D eigenvalue weighted by atomic mass is 127. The van der Waals surface area contributed by atoms with E-state index in [2.05, 4.69) is 5.10 Å². The number of halogens is 1. The first-order chi connectivity index (χ1) is 14.4. The summed E-state index contributed by atoms with van der Waals surface area (Å²) in [5, 5.41) is 14.8. The van der Waals surface area contributed by atoms with Gasteiger partial charge in [0.25, 0.3) is 0 Å². The molecule has 3 rings (SSSR count). The standard InChI is InChI=1S/C21H19IN2O6/c1-4-30-15-11-12(10-14(22)19(15)25)17-16(20(26)28-2)18(21(27)29-3)24(23-17)13-8-6-5-7-9-13/h5-11,25H,4H2,1-3H3. The van der Waals surface area contributed by atoms with Crippen LogP contribution in [0.5, 0.6) is 11.5 Å². The lowest BCUT2D eigenvalue weighted by atomic mass is 10.0. The van der Waals surface area contributed by atoms with Gasteiger partial charge >= 0.3 is 11.9 Å². The van der Waals surface area contributed by atoms with Crippen molar-refractivity contribution < 1.29 is 28.9 Å². The number of nitrogens with zero attached hydrogens (tertiary/aromatic N) is 2. The number of para-hydroxylation sites is 1. The Hall–Kier alpha value is -3.08. The largest absolute Gasteiger partial charge is 0.504 e. The number of aromatic nitrogens is 2. The Bertz CT molecular complexity index is 1090. The second kappa shape index (κ2) is 9.16. The third-order valence-corrected chi connectivity index (χ3v) is 5.08. The van der Waals surface area contributed by atoms with E-state index in [1.807, 2.05) is 28.7 Å². The summed E-state index contributed by atoms with van der Waals surface area (Å²) in [6.07, 6.45) is 0. The first-order valence-corrected chi connectivity index (χ1v) is 10.0. The van der Waals surface area contributed by atoms with E-state index in [0.29, 0.717) is 21.4 Å². The molecule has 0 aliphatic rings. The average Bonchev–Trinajstić information content (AvgIpc) is 3.17. The van der Waals surface area contributed by atoms with Crippen LogP contribution in [0.15, 0.2) is 42.5 Å². The number of phenols is 1. The summed E-state index contributed by atoms with van der Waals surface area (Å²) in [5.74, 6) is -1.26. The maximum absolute atomic E-state index is 12.7. The highest BCUT2D eigenvalue weighted by Crippen LogP contribution is 2.38. The molecular weight excluding hydrogens is 503 g/mol. The average molecular weight is 522 g/mol. The van der Waals surface area contributed by atoms with Gasteiger partial charge < -0.3 is 19.3 Å². The van der Waals surface area contributed by atoms with Crippen molar-refractivity contribution in [3.8, 4) is 28.4 Å². The van der Waals surface area contributed by atoms with Crippen molar-refractivity contribution in [1.29, 1.82) is 0 Å². The number of methoxy groups -OCH3 is 2. The van der Waals surface area contributed by atoms with Crippen molar-refractivity contribution in [1.82, 2.24) is 9.78 Å². The van der Waals surface area contributed by atoms with E-state index in [-0.39, 0.29) is 28.5 Å². The quantitative estimate of drug-likeness (QED) is 0.388. The summed E-state index contributed by atoms with van der Waals surface area (Å²) in [4.78, 5) is 25.3. The van der Waals surface area contributed by atoms with Gasteiger partial charge in [-0.15, -0.1) is 0 Å². The topological polar surface area (TPSA) is 99.9 Å². The monoisotopic (exact) mass is 522 g/mol. The molecule has 0 aliphatic heterocycles. The van der Waals surface area contributed by atoms with Gasteiger partial charge in [0, 0.05) is 5.56 Å². The molecule has 1 N–H and O–H groups in total. The molecule has 0 unspecified atom stereocenters. The fourth-order valence-electron chi connectivity index (χ4n) is 2.93. The Labute approximate surface area is 186 Å². The first kappa shape index (κ1) is 21.6. The Morgan fingerprint density at radius 2 is 1.77 bits per heavy atom. The molecule has 156 valence electrons. The molecule has 0 atom stereocenters. The van der Waals surface area contributed by atoms with Crippen LogP contribution in [0.25, 0.3) is 16.9 Å². The number of benzene rings is 2. The molecule has 30 heavy (non-hydrogen) atoms. The maximum atomic E-state index is 12.7. The second-order valence-corrected chi connectivity index (χ2v) is 7.20. The van der Waals surface area contributed by atoms with Crippen LogP contribution in [0.2, 0.25) is 0 Å². The Morgan fingerprint density at radius 3 is 2.37 bits per heavy atom. The summed E-state index contributed by atoms with van der Waals surface area (Å²) in [6.45, 7) is 2.13. The summed E-state index contributed by atoms with van der Waals surface area (Å²) >= 11 is 1.96. The van der Waals surface area contributed by atoms with Gasteiger partial charge in [0.1, 0.15) is 11.3 Å². The number of hydrogen-bond acceptors (Lipinski definition) is 7. The van der Waals surface area contributed by atoms with Crippen molar-refractivity contribution >= 4 is 34.5 Å². The lowest BCUT2D eigenvalue weighted by Crippen LogP contribution is -2.15. The van der Waals surface area contributed by atoms with Crippen LogP contribution in [0.1, 0.15) is 27.8 Å². The van der Waals surface area contributed by atoms with Crippen molar-refractivity contribution in [3.05, 3.63) is 57.3 Å². The number of phenolic OH excluding ortho intramolecular Hbond substituents is 1. The minimum atomic E-state index is -0.742. The summed E-state index contributed by atoms with van der Waals surface area (Å²) in [7, 11) is 2.45. The number of carbonyl (C=O) groups is 2. The van der Waals surface area contributed by atoms with E-state index in [0.717, 1.165) is 0 Å². The molecule has 0 saturated heterocycles. The Balaban J connectivity index is 2.36. The van der Waals surface area contributed by atoms with Gasteiger partial charge in [-0.2, -0.15) is 5.10 Å². The van der Waals surface area contributed by atoms with Crippen LogP contribution in [0.4, 0.5) is 0 Å². The third kappa shape index (κ3) is 3.97. The SMILES string of the molecule is CCOc1cc(-c2nn(-c3ccccc3)c(C(=O)OC)c2C(=O)OC)cc(I)c1O. The lowest BCUT2D eigenvalue weighted by Gasteiger charge is -2.10. The second-order valence-electron chi connectivity index (χ2n) is 6.04. The van der Waals surface area contributed by atoms with Crippen LogP contribution >= 0.6 is 22.6 Å². The zero-order valence-electron chi connectivity index (χ0n) is 16.5. The van der Waals surface area contributed by atoms with E-state index >= 15 is 0 Å². The molecule has 0 radical (unpaired) electrons. The van der Waals surface area contributed by atoms with Crippen LogP contribution < -0.4 is 4.74 Å². The predicted molar refractivity (Wildman–Crippen MR) is 117 cm³/mol. The highest BCUT2D eigenvalue weighted by molar-refractivity contribution is 14.1. The number of esters is 2. The summed E-state index contributed by atoms with van der Waals surface area (Å²) in [5.41, 5.74) is 1.13. The van der Waals surface area contributed by atoms with Crippen molar-refractivity contribution in [3.63, 3.8) is 0 Å². The Kier molecular flexibility index (Phi) is 6.60. The molecule has 9 heteroatoms. The fourth-order valence-corrected chi connectivity index (χ4v) is 3.53. The zero-order chi connectivity index (χ0) is 21.8. The number of aromatic hydroxyl groups is 1. The van der Waals surface area contributed by atoms with E-state index in [1.54, 1.807) is 43.3 Å². The van der Waals surface area contributed by atoms with E-state index in [9.17, 15) is 14.7 Å².